The molecular formula is C20H26N5O3S+. The van der Waals surface area contributed by atoms with Crippen molar-refractivity contribution in [1.29, 1.82) is 0 Å². The highest BCUT2D eigenvalue weighted by Crippen LogP contribution is 2.43. The smallest absolute Gasteiger partial charge is 0.242 e. The van der Waals surface area contributed by atoms with Crippen LogP contribution < -0.4 is 14.8 Å². The van der Waals surface area contributed by atoms with Gasteiger partial charge in [0.15, 0.2) is 5.52 Å². The molecule has 3 aromatic heterocycles. The maximum absolute atomic E-state index is 9.47. The normalized spacial score (nSPS) is 16.7. The van der Waals surface area contributed by atoms with Gasteiger partial charge in [0.1, 0.15) is 15.3 Å². The number of H-pyrrole nitrogens is 1. The van der Waals surface area contributed by atoms with Gasteiger partial charge < -0.3 is 19.8 Å². The van der Waals surface area contributed by atoms with Gasteiger partial charge in [-0.1, -0.05) is 0 Å². The summed E-state index contributed by atoms with van der Waals surface area (Å²) in [7, 11) is 0. The lowest BCUT2D eigenvalue weighted by Gasteiger charge is -2.29. The number of aromatic nitrogens is 3. The molecule has 1 aliphatic carbocycles. The van der Waals surface area contributed by atoms with E-state index in [1.807, 2.05) is 4.90 Å². The summed E-state index contributed by atoms with van der Waals surface area (Å²) in [4.78, 5) is 18.4. The largest absolute Gasteiger partial charge is 0.393 e. The molecule has 1 aliphatic heterocycles. The van der Waals surface area contributed by atoms with Crippen LogP contribution in [0.2, 0.25) is 0 Å². The fourth-order valence-corrected chi connectivity index (χ4v) is 5.73. The molecular weight excluding hydrogens is 390 g/mol. The zero-order valence-electron chi connectivity index (χ0n) is 16.4. The molecule has 0 unspecified atom stereocenters. The Morgan fingerprint density at radius 3 is 2.66 bits per heavy atom. The maximum atomic E-state index is 9.47. The van der Waals surface area contributed by atoms with Crippen molar-refractivity contribution in [3.63, 3.8) is 0 Å². The first-order chi connectivity index (χ1) is 14.3. The topological polar surface area (TPSA) is 96.1 Å². The Bertz CT molecular complexity index is 1030. The fraction of sp³-hybridized carbons (Fsp3) is 0.550. The van der Waals surface area contributed by atoms with Gasteiger partial charge in [-0.3, -0.25) is 4.90 Å². The number of rotatable bonds is 6. The second-order valence-electron chi connectivity index (χ2n) is 7.49. The molecule has 154 valence electrons. The summed E-state index contributed by atoms with van der Waals surface area (Å²) in [5.74, 6) is 2.01. The summed E-state index contributed by atoms with van der Waals surface area (Å²) in [5, 5.41) is 20.1. The van der Waals surface area contributed by atoms with E-state index in [1.165, 1.54) is 16.5 Å². The number of morpholine rings is 1. The van der Waals surface area contributed by atoms with Crippen LogP contribution in [0.1, 0.15) is 17.5 Å². The van der Waals surface area contributed by atoms with Crippen LogP contribution >= 0.6 is 11.3 Å². The summed E-state index contributed by atoms with van der Waals surface area (Å²) in [5.41, 5.74) is 3.74. The zero-order valence-corrected chi connectivity index (χ0v) is 17.2. The number of aliphatic hydroxyl groups is 2. The van der Waals surface area contributed by atoms with Crippen LogP contribution in [0.5, 0.6) is 0 Å². The number of nitrogens with one attached hydrogen (secondary N) is 1. The Hall–Kier alpha value is -2.07. The molecule has 5 rings (SSSR count). The van der Waals surface area contributed by atoms with Gasteiger partial charge in [-0.2, -0.15) is 0 Å². The van der Waals surface area contributed by atoms with E-state index < -0.39 is 0 Å². The minimum absolute atomic E-state index is 0.0252. The molecule has 0 aromatic carbocycles. The summed E-state index contributed by atoms with van der Waals surface area (Å²) < 4.78 is 6.57. The molecule has 0 atom stereocenters. The first-order valence-electron chi connectivity index (χ1n) is 10.3. The highest BCUT2D eigenvalue weighted by atomic mass is 32.1. The minimum atomic E-state index is 0.0252. The number of hydrogen-bond donors (Lipinski definition) is 2. The van der Waals surface area contributed by atoms with Gasteiger partial charge in [-0.25, -0.2) is 9.97 Å². The number of pyridine rings is 1. The van der Waals surface area contributed by atoms with Gasteiger partial charge in [0.25, 0.3) is 0 Å². The van der Waals surface area contributed by atoms with Crippen molar-refractivity contribution in [3.8, 4) is 0 Å². The first-order valence-corrected chi connectivity index (χ1v) is 11.1. The maximum Gasteiger partial charge on any atom is 0.242 e. The minimum Gasteiger partial charge on any atom is -0.393 e. The highest BCUT2D eigenvalue weighted by Gasteiger charge is 2.29. The van der Waals surface area contributed by atoms with Crippen LogP contribution in [0.15, 0.2) is 6.33 Å². The monoisotopic (exact) mass is 416 g/mol. The third kappa shape index (κ3) is 3.22. The zero-order chi connectivity index (χ0) is 19.8. The van der Waals surface area contributed by atoms with Crippen LogP contribution in [0, 0.1) is 0 Å². The number of fused-ring (bicyclic) bond motifs is 5. The lowest BCUT2D eigenvalue weighted by molar-refractivity contribution is -0.366. The van der Waals surface area contributed by atoms with Gasteiger partial charge in [0.2, 0.25) is 12.1 Å². The molecule has 0 amide bonds. The predicted molar refractivity (Wildman–Crippen MR) is 113 cm³/mol. The third-order valence-corrected chi connectivity index (χ3v) is 6.92. The van der Waals surface area contributed by atoms with Crippen molar-refractivity contribution >= 4 is 43.4 Å². The van der Waals surface area contributed by atoms with E-state index in [0.717, 1.165) is 72.2 Å². The van der Waals surface area contributed by atoms with Gasteiger partial charge in [-0.15, -0.1) is 16.3 Å². The van der Waals surface area contributed by atoms with Crippen LogP contribution in [0.3, 0.4) is 0 Å². The number of thiophene rings is 1. The molecule has 3 aromatic rings. The highest BCUT2D eigenvalue weighted by molar-refractivity contribution is 7.26. The Morgan fingerprint density at radius 1 is 1.14 bits per heavy atom. The summed E-state index contributed by atoms with van der Waals surface area (Å²) >= 11 is 1.64. The van der Waals surface area contributed by atoms with Crippen molar-refractivity contribution in [2.24, 2.45) is 0 Å². The van der Waals surface area contributed by atoms with E-state index in [4.69, 9.17) is 9.72 Å². The fourth-order valence-electron chi connectivity index (χ4n) is 4.55. The number of ether oxygens (including phenoxy) is 1. The Balaban J connectivity index is 1.70. The van der Waals surface area contributed by atoms with Crippen molar-refractivity contribution in [2.75, 3.05) is 62.4 Å². The second-order valence-corrected chi connectivity index (χ2v) is 8.49. The SMILES string of the molecule is OCCN(CCO)c1[nH+]cnc2c1sc1nc(N3CCOCC3)c3c(c12)CCC3. The number of aliphatic hydroxyl groups excluding tert-OH is 2. The van der Waals surface area contributed by atoms with E-state index in [9.17, 15) is 10.2 Å². The van der Waals surface area contributed by atoms with E-state index in [-0.39, 0.29) is 13.2 Å². The molecule has 0 spiro atoms. The third-order valence-electron chi connectivity index (χ3n) is 5.84. The Kier molecular flexibility index (Phi) is 5.21. The Labute approximate surface area is 172 Å². The van der Waals surface area contributed by atoms with Crippen LogP contribution in [-0.2, 0) is 17.6 Å². The lowest BCUT2D eigenvalue weighted by Crippen LogP contribution is -2.37. The Morgan fingerprint density at radius 2 is 1.90 bits per heavy atom. The molecule has 2 aliphatic rings. The molecule has 0 bridgehead atoms. The van der Waals surface area contributed by atoms with E-state index in [0.29, 0.717) is 13.1 Å². The molecule has 3 N–H and O–H groups in total. The summed E-state index contributed by atoms with van der Waals surface area (Å²) in [6.07, 6.45) is 4.99. The van der Waals surface area contributed by atoms with E-state index in [1.54, 1.807) is 17.7 Å². The van der Waals surface area contributed by atoms with Crippen molar-refractivity contribution in [3.05, 3.63) is 17.5 Å². The lowest BCUT2D eigenvalue weighted by atomic mass is 10.1. The van der Waals surface area contributed by atoms with Crippen molar-refractivity contribution in [1.82, 2.24) is 9.97 Å². The van der Waals surface area contributed by atoms with Crippen LogP contribution in [-0.4, -0.2) is 72.8 Å². The average Bonchev–Trinajstić information content (AvgIpc) is 3.37. The molecule has 4 heterocycles. The molecule has 8 nitrogen and oxygen atoms in total. The average molecular weight is 417 g/mol. The van der Waals surface area contributed by atoms with Gasteiger partial charge in [0, 0.05) is 13.1 Å². The molecule has 1 fully saturated rings. The van der Waals surface area contributed by atoms with Gasteiger partial charge in [0.05, 0.1) is 44.9 Å². The summed E-state index contributed by atoms with van der Waals surface area (Å²) in [6, 6.07) is 0. The van der Waals surface area contributed by atoms with Crippen molar-refractivity contribution < 1.29 is 19.9 Å². The summed E-state index contributed by atoms with van der Waals surface area (Å²) in [6.45, 7) is 4.22. The van der Waals surface area contributed by atoms with E-state index in [2.05, 4.69) is 14.9 Å². The number of hydrogen-bond acceptors (Lipinski definition) is 8. The number of aryl methyl sites for hydroxylation is 1. The predicted octanol–water partition coefficient (Wildman–Crippen LogP) is 0.775. The molecule has 0 radical (unpaired) electrons. The molecule has 1 saturated heterocycles. The van der Waals surface area contributed by atoms with Crippen molar-refractivity contribution in [2.45, 2.75) is 19.3 Å². The second kappa shape index (κ2) is 7.98. The number of nitrogens with zero attached hydrogens (tertiary/aromatic N) is 4. The molecule has 9 heteroatoms. The van der Waals surface area contributed by atoms with Crippen LogP contribution in [0.4, 0.5) is 11.6 Å². The number of anilines is 2. The van der Waals surface area contributed by atoms with E-state index >= 15 is 0 Å². The first kappa shape index (κ1) is 18.9. The standard InChI is InChI=1S/C20H25N5O3S/c26-8-4-24(5-9-27)19-17-16(21-12-22-19)15-13-2-1-3-14(13)18(23-20(15)29-17)25-6-10-28-11-7-25/h12,26-27H,1-11H2/p+1. The molecule has 0 saturated carbocycles. The van der Waals surface area contributed by atoms with Gasteiger partial charge in [-0.05, 0) is 30.4 Å². The quantitative estimate of drug-likeness (QED) is 0.613. The van der Waals surface area contributed by atoms with Crippen LogP contribution in [0.25, 0.3) is 20.4 Å². The number of aromatic amines is 1. The van der Waals surface area contributed by atoms with Gasteiger partial charge >= 0.3 is 0 Å². The molecule has 29 heavy (non-hydrogen) atoms.